The number of nitrogens with two attached hydrogens (primary N) is 1. The van der Waals surface area contributed by atoms with Crippen molar-refractivity contribution in [1.82, 2.24) is 25.3 Å². The summed E-state index contributed by atoms with van der Waals surface area (Å²) in [5.74, 6) is -1.10. The van der Waals surface area contributed by atoms with E-state index in [-0.39, 0.29) is 24.1 Å². The van der Waals surface area contributed by atoms with Crippen LogP contribution in [0.15, 0.2) is 18.2 Å². The predicted octanol–water partition coefficient (Wildman–Crippen LogP) is -1.61. The quantitative estimate of drug-likeness (QED) is 0.470. The van der Waals surface area contributed by atoms with Crippen molar-refractivity contribution in [3.8, 4) is 0 Å². The molecule has 0 aromatic heterocycles. The average molecular weight is 441 g/mol. The van der Waals surface area contributed by atoms with Gasteiger partial charge in [-0.05, 0) is 17.5 Å². The van der Waals surface area contributed by atoms with E-state index in [1.54, 1.807) is 4.90 Å². The summed E-state index contributed by atoms with van der Waals surface area (Å²) < 4.78 is 0. The van der Waals surface area contributed by atoms with Crippen LogP contribution >= 0.6 is 0 Å². The lowest BCUT2D eigenvalue weighted by molar-refractivity contribution is -0.137. The summed E-state index contributed by atoms with van der Waals surface area (Å²) in [5.41, 5.74) is 7.64. The summed E-state index contributed by atoms with van der Waals surface area (Å²) in [5, 5.41) is 5.50. The first-order chi connectivity index (χ1) is 15.4. The summed E-state index contributed by atoms with van der Waals surface area (Å²) in [6.45, 7) is 5.27. The molecule has 1 atom stereocenters. The van der Waals surface area contributed by atoms with Crippen LogP contribution in [0.25, 0.3) is 0 Å². The van der Waals surface area contributed by atoms with Crippen LogP contribution in [0.3, 0.4) is 0 Å². The molecule has 0 saturated carbocycles. The SMILES string of the molecule is NC(=O)C1(N2CCN(Cc3cccc4c3C(=O)N(C3CCC(=O)NC3=O)C4)CC2)CNC1. The number of amides is 4. The second-order valence-corrected chi connectivity index (χ2v) is 9.11. The smallest absolute Gasteiger partial charge is 0.255 e. The van der Waals surface area contributed by atoms with Crippen molar-refractivity contribution in [2.24, 2.45) is 5.73 Å². The lowest BCUT2D eigenvalue weighted by Crippen LogP contribution is -2.76. The summed E-state index contributed by atoms with van der Waals surface area (Å²) in [6, 6.07) is 5.25. The van der Waals surface area contributed by atoms with Crippen LogP contribution in [-0.4, -0.2) is 89.2 Å². The largest absolute Gasteiger partial charge is 0.368 e. The van der Waals surface area contributed by atoms with Gasteiger partial charge in [-0.1, -0.05) is 18.2 Å². The van der Waals surface area contributed by atoms with Gasteiger partial charge in [0.25, 0.3) is 5.91 Å². The average Bonchev–Trinajstić information content (AvgIpc) is 3.05. The molecule has 0 spiro atoms. The minimum absolute atomic E-state index is 0.142. The van der Waals surface area contributed by atoms with E-state index >= 15 is 0 Å². The molecule has 0 bridgehead atoms. The number of hydrogen-bond donors (Lipinski definition) is 3. The van der Waals surface area contributed by atoms with Gasteiger partial charge >= 0.3 is 0 Å². The topological polar surface area (TPSA) is 128 Å². The van der Waals surface area contributed by atoms with Gasteiger partial charge in [-0.15, -0.1) is 0 Å². The molecule has 0 radical (unpaired) electrons. The molecule has 0 aliphatic carbocycles. The van der Waals surface area contributed by atoms with Crippen molar-refractivity contribution in [2.45, 2.75) is 37.5 Å². The summed E-state index contributed by atoms with van der Waals surface area (Å²) in [6.07, 6.45) is 0.605. The minimum atomic E-state index is -0.606. The molecular formula is C22H28N6O4. The molecule has 4 aliphatic rings. The van der Waals surface area contributed by atoms with Crippen LogP contribution < -0.4 is 16.4 Å². The molecule has 3 saturated heterocycles. The highest BCUT2D eigenvalue weighted by atomic mass is 16.2. The molecule has 1 unspecified atom stereocenters. The fourth-order valence-electron chi connectivity index (χ4n) is 5.31. The van der Waals surface area contributed by atoms with Gasteiger partial charge in [-0.25, -0.2) is 0 Å². The van der Waals surface area contributed by atoms with Crippen LogP contribution in [0.5, 0.6) is 0 Å². The lowest BCUT2D eigenvalue weighted by Gasteiger charge is -2.51. The second-order valence-electron chi connectivity index (χ2n) is 9.11. The Balaban J connectivity index is 1.27. The first kappa shape index (κ1) is 21.0. The number of hydrogen-bond acceptors (Lipinski definition) is 7. The van der Waals surface area contributed by atoms with E-state index in [1.165, 1.54) is 0 Å². The summed E-state index contributed by atoms with van der Waals surface area (Å²) in [4.78, 5) is 55.1. The van der Waals surface area contributed by atoms with Gasteiger partial charge in [0.2, 0.25) is 17.7 Å². The normalized spacial score (nSPS) is 25.9. The molecule has 170 valence electrons. The van der Waals surface area contributed by atoms with E-state index in [0.29, 0.717) is 38.2 Å². The number of rotatable bonds is 5. The van der Waals surface area contributed by atoms with Gasteiger partial charge in [0.05, 0.1) is 0 Å². The number of piperidine rings is 1. The Bertz CT molecular complexity index is 983. The Morgan fingerprint density at radius 2 is 1.88 bits per heavy atom. The standard InChI is InChI=1S/C22H28N6O4/c23-21(32)22(12-24-13-22)27-8-6-26(7-9-27)10-14-2-1-3-15-11-28(20(31)18(14)15)16-4-5-17(29)25-19(16)30/h1-3,16,24H,4-13H2,(H2,23,32)(H,25,29,30). The highest BCUT2D eigenvalue weighted by molar-refractivity contribution is 6.06. The molecule has 32 heavy (non-hydrogen) atoms. The number of carbonyl (C=O) groups is 4. The fourth-order valence-corrected chi connectivity index (χ4v) is 5.31. The van der Waals surface area contributed by atoms with E-state index in [0.717, 1.165) is 37.3 Å². The van der Waals surface area contributed by atoms with Crippen LogP contribution in [0.2, 0.25) is 0 Å². The first-order valence-electron chi connectivity index (χ1n) is 11.1. The van der Waals surface area contributed by atoms with Gasteiger partial charge in [0.1, 0.15) is 11.6 Å². The highest BCUT2D eigenvalue weighted by Gasteiger charge is 2.48. The maximum atomic E-state index is 13.3. The van der Waals surface area contributed by atoms with Crippen molar-refractivity contribution in [3.63, 3.8) is 0 Å². The van der Waals surface area contributed by atoms with Gasteiger partial charge in [-0.2, -0.15) is 0 Å². The molecule has 4 N–H and O–H groups in total. The molecule has 4 heterocycles. The van der Waals surface area contributed by atoms with E-state index in [2.05, 4.69) is 20.4 Å². The van der Waals surface area contributed by atoms with Crippen LogP contribution in [-0.2, 0) is 27.5 Å². The van der Waals surface area contributed by atoms with Gasteiger partial charge < -0.3 is 16.0 Å². The monoisotopic (exact) mass is 440 g/mol. The molecule has 1 aromatic rings. The molecule has 10 heteroatoms. The number of primary amides is 1. The number of carbonyl (C=O) groups excluding carboxylic acids is 4. The van der Waals surface area contributed by atoms with E-state index < -0.39 is 17.5 Å². The van der Waals surface area contributed by atoms with Crippen LogP contribution in [0, 0.1) is 0 Å². The highest BCUT2D eigenvalue weighted by Crippen LogP contribution is 2.31. The van der Waals surface area contributed by atoms with Crippen molar-refractivity contribution in [2.75, 3.05) is 39.3 Å². The van der Waals surface area contributed by atoms with Crippen molar-refractivity contribution < 1.29 is 19.2 Å². The Kier molecular flexibility index (Phi) is 5.23. The number of nitrogens with zero attached hydrogens (tertiary/aromatic N) is 3. The maximum Gasteiger partial charge on any atom is 0.255 e. The fraction of sp³-hybridized carbons (Fsp3) is 0.545. The van der Waals surface area contributed by atoms with Gasteiger partial charge in [0, 0.05) is 64.3 Å². The summed E-state index contributed by atoms with van der Waals surface area (Å²) in [7, 11) is 0. The van der Waals surface area contributed by atoms with Crippen molar-refractivity contribution >= 4 is 23.6 Å². The Hall–Kier alpha value is -2.82. The third kappa shape index (κ3) is 3.39. The van der Waals surface area contributed by atoms with Crippen molar-refractivity contribution in [3.05, 3.63) is 34.9 Å². The van der Waals surface area contributed by atoms with Crippen LogP contribution in [0.4, 0.5) is 0 Å². The number of fused-ring (bicyclic) bond motifs is 1. The zero-order valence-corrected chi connectivity index (χ0v) is 17.9. The summed E-state index contributed by atoms with van der Waals surface area (Å²) >= 11 is 0. The van der Waals surface area contributed by atoms with Gasteiger partial charge in [0.15, 0.2) is 0 Å². The Morgan fingerprint density at radius 1 is 1.12 bits per heavy atom. The molecule has 3 fully saturated rings. The molecular weight excluding hydrogens is 412 g/mol. The molecule has 5 rings (SSSR count). The maximum absolute atomic E-state index is 13.3. The van der Waals surface area contributed by atoms with E-state index in [9.17, 15) is 19.2 Å². The third-order valence-electron chi connectivity index (χ3n) is 7.30. The second kappa shape index (κ2) is 7.95. The first-order valence-corrected chi connectivity index (χ1v) is 11.1. The van der Waals surface area contributed by atoms with Crippen molar-refractivity contribution in [1.29, 1.82) is 0 Å². The molecule has 1 aromatic carbocycles. The molecule has 4 amide bonds. The molecule has 10 nitrogen and oxygen atoms in total. The molecule has 4 aliphatic heterocycles. The van der Waals surface area contributed by atoms with Crippen LogP contribution in [0.1, 0.15) is 34.3 Å². The third-order valence-corrected chi connectivity index (χ3v) is 7.30. The predicted molar refractivity (Wildman–Crippen MR) is 114 cm³/mol. The zero-order valence-electron chi connectivity index (χ0n) is 17.9. The number of imide groups is 1. The number of piperazine rings is 1. The number of nitrogens with one attached hydrogen (secondary N) is 2. The minimum Gasteiger partial charge on any atom is -0.368 e. The zero-order chi connectivity index (χ0) is 22.5. The lowest BCUT2D eigenvalue weighted by atomic mass is 9.88. The number of benzene rings is 1. The van der Waals surface area contributed by atoms with E-state index in [4.69, 9.17) is 5.73 Å². The Morgan fingerprint density at radius 3 is 2.50 bits per heavy atom. The van der Waals surface area contributed by atoms with Gasteiger partial charge in [-0.3, -0.25) is 34.3 Å². The van der Waals surface area contributed by atoms with E-state index in [1.807, 2.05) is 18.2 Å². The Labute approximate surface area is 186 Å².